The lowest BCUT2D eigenvalue weighted by Gasteiger charge is -2.24. The quantitative estimate of drug-likeness (QED) is 0.395. The zero-order chi connectivity index (χ0) is 20.3. The van der Waals surface area contributed by atoms with Crippen LogP contribution in [0.5, 0.6) is 5.75 Å². The minimum atomic E-state index is -0.227. The van der Waals surface area contributed by atoms with E-state index in [1.807, 2.05) is 42.5 Å². The van der Waals surface area contributed by atoms with Crippen molar-refractivity contribution >= 4 is 10.9 Å². The van der Waals surface area contributed by atoms with Crippen LogP contribution in [0.2, 0.25) is 0 Å². The van der Waals surface area contributed by atoms with Crippen molar-refractivity contribution in [3.63, 3.8) is 0 Å². The molecule has 4 heteroatoms. The summed E-state index contributed by atoms with van der Waals surface area (Å²) in [5.74, 6) is 1.04. The number of benzene rings is 3. The van der Waals surface area contributed by atoms with Crippen LogP contribution in [0, 0.1) is 5.82 Å². The molecule has 0 N–H and O–H groups in total. The first-order valence-electron chi connectivity index (χ1n) is 10.4. The third-order valence-electron chi connectivity index (χ3n) is 5.80. The molecule has 30 heavy (non-hydrogen) atoms. The molecule has 0 atom stereocenters. The normalized spacial score (nSPS) is 14.8. The van der Waals surface area contributed by atoms with Gasteiger partial charge in [0.15, 0.2) is 0 Å². The van der Waals surface area contributed by atoms with Crippen molar-refractivity contribution in [1.82, 2.24) is 4.57 Å². The molecule has 1 saturated heterocycles. The van der Waals surface area contributed by atoms with Gasteiger partial charge in [0.2, 0.25) is 0 Å². The lowest BCUT2D eigenvalue weighted by Crippen LogP contribution is -2.16. The van der Waals surface area contributed by atoms with E-state index in [-0.39, 0.29) is 5.82 Å². The molecular formula is C26H24FNO2. The number of aromatic nitrogens is 1. The molecule has 1 fully saturated rings. The second kappa shape index (κ2) is 8.33. The summed E-state index contributed by atoms with van der Waals surface area (Å²) in [4.78, 5) is 0. The van der Waals surface area contributed by atoms with E-state index in [4.69, 9.17) is 9.47 Å². The summed E-state index contributed by atoms with van der Waals surface area (Å²) in [6.45, 7) is 2.06. The van der Waals surface area contributed by atoms with Crippen LogP contribution in [-0.2, 0) is 11.3 Å². The zero-order valence-electron chi connectivity index (χ0n) is 16.8. The van der Waals surface area contributed by atoms with E-state index >= 15 is 0 Å². The number of hydrogen-bond donors (Lipinski definition) is 0. The Morgan fingerprint density at radius 2 is 1.67 bits per heavy atom. The average molecular weight is 401 g/mol. The third-order valence-corrected chi connectivity index (χ3v) is 5.80. The van der Waals surface area contributed by atoms with Crippen LogP contribution in [0.4, 0.5) is 4.39 Å². The second-order valence-corrected chi connectivity index (χ2v) is 7.73. The summed E-state index contributed by atoms with van der Waals surface area (Å²) >= 11 is 0. The van der Waals surface area contributed by atoms with E-state index in [1.54, 1.807) is 0 Å². The molecule has 1 aromatic heterocycles. The molecule has 0 unspecified atom stereocenters. The molecule has 4 aromatic rings. The Hall–Kier alpha value is -3.11. The highest BCUT2D eigenvalue weighted by molar-refractivity contribution is 5.89. The lowest BCUT2D eigenvalue weighted by molar-refractivity contribution is 0.0842. The maximum atomic E-state index is 13.6. The molecule has 0 radical (unpaired) electrons. The number of ether oxygens (including phenoxy) is 2. The third kappa shape index (κ3) is 3.71. The molecule has 0 bridgehead atoms. The largest absolute Gasteiger partial charge is 0.488 e. The van der Waals surface area contributed by atoms with Gasteiger partial charge in [-0.1, -0.05) is 36.4 Å². The lowest BCUT2D eigenvalue weighted by atomic mass is 9.96. The maximum Gasteiger partial charge on any atom is 0.129 e. The highest BCUT2D eigenvalue weighted by Crippen LogP contribution is 2.37. The number of nitrogens with zero attached hydrogens (tertiary/aromatic N) is 1. The van der Waals surface area contributed by atoms with Crippen molar-refractivity contribution in [2.45, 2.75) is 25.4 Å². The van der Waals surface area contributed by atoms with Gasteiger partial charge < -0.3 is 14.0 Å². The molecule has 3 aromatic carbocycles. The predicted octanol–water partition coefficient (Wildman–Crippen LogP) is 6.24. The van der Waals surface area contributed by atoms with E-state index in [1.165, 1.54) is 17.8 Å². The molecule has 3 nitrogen and oxygen atoms in total. The first-order chi connectivity index (χ1) is 14.8. The average Bonchev–Trinajstić information content (AvgIpc) is 3.20. The van der Waals surface area contributed by atoms with Crippen LogP contribution in [0.3, 0.4) is 0 Å². The van der Waals surface area contributed by atoms with E-state index in [2.05, 4.69) is 28.8 Å². The van der Waals surface area contributed by atoms with Gasteiger partial charge >= 0.3 is 0 Å². The highest BCUT2D eigenvalue weighted by atomic mass is 19.1. The molecule has 1 aliphatic rings. The Morgan fingerprint density at radius 3 is 2.43 bits per heavy atom. The van der Waals surface area contributed by atoms with Crippen molar-refractivity contribution in [3.8, 4) is 11.4 Å². The fraction of sp³-hybridized carbons (Fsp3) is 0.231. The fourth-order valence-electron chi connectivity index (χ4n) is 4.26. The highest BCUT2D eigenvalue weighted by Gasteiger charge is 2.23. The van der Waals surface area contributed by atoms with Gasteiger partial charge in [-0.2, -0.15) is 0 Å². The zero-order valence-corrected chi connectivity index (χ0v) is 16.8. The van der Waals surface area contributed by atoms with Crippen LogP contribution >= 0.6 is 0 Å². The summed E-state index contributed by atoms with van der Waals surface area (Å²) in [5.41, 5.74) is 4.41. The van der Waals surface area contributed by atoms with Gasteiger partial charge in [0.1, 0.15) is 18.2 Å². The molecule has 0 spiro atoms. The first kappa shape index (κ1) is 18.9. The number of rotatable bonds is 5. The topological polar surface area (TPSA) is 23.4 Å². The second-order valence-electron chi connectivity index (χ2n) is 7.73. The van der Waals surface area contributed by atoms with Gasteiger partial charge in [0.05, 0.1) is 5.52 Å². The Bertz CT molecular complexity index is 1130. The number of fused-ring (bicyclic) bond motifs is 1. The summed E-state index contributed by atoms with van der Waals surface area (Å²) in [6, 6.07) is 25.3. The smallest absolute Gasteiger partial charge is 0.129 e. The monoisotopic (exact) mass is 401 g/mol. The van der Waals surface area contributed by atoms with E-state index in [0.29, 0.717) is 12.5 Å². The van der Waals surface area contributed by atoms with Crippen molar-refractivity contribution in [3.05, 3.63) is 95.9 Å². The molecule has 0 saturated carbocycles. The molecule has 1 aliphatic heterocycles. The van der Waals surface area contributed by atoms with Crippen molar-refractivity contribution in [2.24, 2.45) is 0 Å². The van der Waals surface area contributed by atoms with Gasteiger partial charge in [-0.15, -0.1) is 0 Å². The molecule has 0 amide bonds. The van der Waals surface area contributed by atoms with Gasteiger partial charge in [0, 0.05) is 35.9 Å². The van der Waals surface area contributed by atoms with E-state index < -0.39 is 0 Å². The molecule has 2 heterocycles. The van der Waals surface area contributed by atoms with E-state index in [9.17, 15) is 4.39 Å². The molecule has 152 valence electrons. The van der Waals surface area contributed by atoms with Crippen LogP contribution in [0.1, 0.15) is 30.0 Å². The Balaban J connectivity index is 1.59. The SMILES string of the molecule is Fc1ccc(-n2c(C3CCOCC3)cc3c(OCc4ccccc4)cccc32)cc1. The van der Waals surface area contributed by atoms with Gasteiger partial charge in [-0.25, -0.2) is 4.39 Å². The van der Waals surface area contributed by atoms with Crippen molar-refractivity contribution in [2.75, 3.05) is 13.2 Å². The number of hydrogen-bond acceptors (Lipinski definition) is 2. The van der Waals surface area contributed by atoms with Crippen LogP contribution in [0.15, 0.2) is 78.9 Å². The summed E-state index contributed by atoms with van der Waals surface area (Å²) in [7, 11) is 0. The van der Waals surface area contributed by atoms with Crippen LogP contribution < -0.4 is 4.74 Å². The first-order valence-corrected chi connectivity index (χ1v) is 10.4. The van der Waals surface area contributed by atoms with Crippen LogP contribution in [0.25, 0.3) is 16.6 Å². The van der Waals surface area contributed by atoms with Gasteiger partial charge in [0.25, 0.3) is 0 Å². The minimum Gasteiger partial charge on any atom is -0.488 e. The van der Waals surface area contributed by atoms with Crippen LogP contribution in [-0.4, -0.2) is 17.8 Å². The molecule has 5 rings (SSSR count). The van der Waals surface area contributed by atoms with E-state index in [0.717, 1.165) is 54.0 Å². The fourth-order valence-corrected chi connectivity index (χ4v) is 4.26. The molecular weight excluding hydrogens is 377 g/mol. The van der Waals surface area contributed by atoms with Crippen molar-refractivity contribution < 1.29 is 13.9 Å². The standard InChI is InChI=1S/C26H24FNO2/c27-21-9-11-22(12-10-21)28-24-7-4-8-26(30-18-19-5-2-1-3-6-19)23(24)17-25(28)20-13-15-29-16-14-20/h1-12,17,20H,13-16,18H2. The summed E-state index contributed by atoms with van der Waals surface area (Å²) in [6.07, 6.45) is 1.97. The minimum absolute atomic E-state index is 0.227. The van der Waals surface area contributed by atoms with Crippen molar-refractivity contribution in [1.29, 1.82) is 0 Å². The number of halogens is 1. The maximum absolute atomic E-state index is 13.6. The predicted molar refractivity (Wildman–Crippen MR) is 117 cm³/mol. The summed E-state index contributed by atoms with van der Waals surface area (Å²) in [5, 5.41) is 1.08. The van der Waals surface area contributed by atoms with Gasteiger partial charge in [-0.3, -0.25) is 0 Å². The Kier molecular flexibility index (Phi) is 5.24. The molecule has 0 aliphatic carbocycles. The Labute approximate surface area is 175 Å². The Morgan fingerprint density at radius 1 is 0.900 bits per heavy atom. The van der Waals surface area contributed by atoms with Gasteiger partial charge in [-0.05, 0) is 60.9 Å². The summed E-state index contributed by atoms with van der Waals surface area (Å²) < 4.78 is 27.6.